The van der Waals surface area contributed by atoms with Crippen LogP contribution in [0.4, 0.5) is 4.79 Å². The van der Waals surface area contributed by atoms with Crippen molar-refractivity contribution >= 4 is 35.0 Å². The quantitative estimate of drug-likeness (QED) is 0.227. The van der Waals surface area contributed by atoms with E-state index < -0.39 is 12.1 Å². The van der Waals surface area contributed by atoms with Crippen molar-refractivity contribution in [3.8, 4) is 0 Å². The maximum Gasteiger partial charge on any atom is 0.407 e. The number of nitrogens with one attached hydrogen (secondary N) is 3. The molecule has 0 aromatic rings. The molecule has 2 fully saturated rings. The smallest absolute Gasteiger partial charge is 0.407 e. The summed E-state index contributed by atoms with van der Waals surface area (Å²) in [6.45, 7) is 11.2. The molecular formula is C24H43N5O3S. The van der Waals surface area contributed by atoms with Crippen molar-refractivity contribution in [2.75, 3.05) is 13.1 Å². The number of carbonyl (C=O) groups excluding carboxylic acids is 2. The van der Waals surface area contributed by atoms with Crippen LogP contribution in [0.25, 0.3) is 0 Å². The lowest BCUT2D eigenvalue weighted by Gasteiger charge is -2.39. The summed E-state index contributed by atoms with van der Waals surface area (Å²) >= 11 is 5.87. The van der Waals surface area contributed by atoms with Gasteiger partial charge in [0, 0.05) is 19.0 Å². The highest BCUT2D eigenvalue weighted by atomic mass is 32.1. The number of nitrogens with zero attached hydrogens (tertiary/aromatic N) is 1. The number of hydrogen-bond donors (Lipinski definition) is 4. The standard InChI is InChI=1S/C24H43N5O3S/c1-6-24(4,5)19(28-23(31)32-15(2)3)22(33)29-13-7-8-18(29)21(30)27-14-16-9-11-17(12-10-16)20(25)26/h15-19H,6-14H2,1-5H3,(H3,25,26)(H,27,30)(H,28,31)/t16?,17?,18-,19+/m0/s1. The SMILES string of the molecule is CCC(C)(C)[C@H](NC(=O)OC(C)C)C(=S)N1CCC[C@H]1C(=O)NCC1CCC(C(=N)N)CC1. The molecule has 1 saturated carbocycles. The van der Waals surface area contributed by atoms with E-state index in [0.29, 0.717) is 24.0 Å². The Morgan fingerprint density at radius 2 is 1.85 bits per heavy atom. The van der Waals surface area contributed by atoms with E-state index in [1.54, 1.807) is 0 Å². The van der Waals surface area contributed by atoms with E-state index in [1.807, 2.05) is 18.7 Å². The van der Waals surface area contributed by atoms with Gasteiger partial charge in [0.15, 0.2) is 0 Å². The van der Waals surface area contributed by atoms with Gasteiger partial charge in [0.05, 0.1) is 18.0 Å². The third kappa shape index (κ3) is 7.55. The minimum atomic E-state index is -0.486. The first kappa shape index (κ1) is 27.3. The molecule has 0 radical (unpaired) electrons. The van der Waals surface area contributed by atoms with Crippen LogP contribution in [0.15, 0.2) is 0 Å². The molecule has 5 N–H and O–H groups in total. The lowest BCUT2D eigenvalue weighted by Crippen LogP contribution is -2.57. The van der Waals surface area contributed by atoms with Crippen molar-refractivity contribution in [2.45, 2.75) is 97.8 Å². The van der Waals surface area contributed by atoms with Gasteiger partial charge in [0.2, 0.25) is 5.91 Å². The van der Waals surface area contributed by atoms with Crippen LogP contribution in [0.2, 0.25) is 0 Å². The van der Waals surface area contributed by atoms with E-state index in [9.17, 15) is 9.59 Å². The average Bonchev–Trinajstić information content (AvgIpc) is 3.25. The van der Waals surface area contributed by atoms with Crippen molar-refractivity contribution in [1.82, 2.24) is 15.5 Å². The third-order valence-electron chi connectivity index (χ3n) is 7.23. The number of hydrogen-bond acceptors (Lipinski definition) is 5. The largest absolute Gasteiger partial charge is 0.447 e. The number of carbonyl (C=O) groups is 2. The van der Waals surface area contributed by atoms with E-state index in [1.165, 1.54) is 0 Å². The fraction of sp³-hybridized carbons (Fsp3) is 0.833. The Kier molecular flexibility index (Phi) is 9.94. The molecule has 0 aromatic heterocycles. The van der Waals surface area contributed by atoms with Gasteiger partial charge in [0.1, 0.15) is 11.0 Å². The Balaban J connectivity index is 2.00. The number of thiocarbonyl (C=S) groups is 1. The first-order valence-electron chi connectivity index (χ1n) is 12.4. The topological polar surface area (TPSA) is 121 Å². The molecule has 2 aliphatic rings. The summed E-state index contributed by atoms with van der Waals surface area (Å²) in [5, 5.41) is 13.7. The molecule has 2 rings (SSSR count). The van der Waals surface area contributed by atoms with Crippen LogP contribution >= 0.6 is 12.2 Å². The van der Waals surface area contributed by atoms with Gasteiger partial charge in [-0.3, -0.25) is 10.2 Å². The van der Waals surface area contributed by atoms with Gasteiger partial charge in [-0.2, -0.15) is 0 Å². The number of likely N-dealkylation sites (tertiary alicyclic amines) is 1. The lowest BCUT2D eigenvalue weighted by molar-refractivity contribution is -0.124. The molecule has 1 heterocycles. The summed E-state index contributed by atoms with van der Waals surface area (Å²) in [6, 6.07) is -0.719. The van der Waals surface area contributed by atoms with Crippen LogP contribution in [0, 0.1) is 22.7 Å². The van der Waals surface area contributed by atoms with Gasteiger partial charge in [0.25, 0.3) is 0 Å². The fourth-order valence-corrected chi connectivity index (χ4v) is 5.27. The summed E-state index contributed by atoms with van der Waals surface area (Å²) in [6.07, 6.45) is 5.53. The maximum absolute atomic E-state index is 13.1. The van der Waals surface area contributed by atoms with E-state index in [0.717, 1.165) is 44.9 Å². The summed E-state index contributed by atoms with van der Waals surface area (Å²) in [5.41, 5.74) is 5.36. The van der Waals surface area contributed by atoms with Gasteiger partial charge in [-0.05, 0) is 70.1 Å². The Morgan fingerprint density at radius 1 is 1.21 bits per heavy atom. The number of rotatable bonds is 9. The van der Waals surface area contributed by atoms with E-state index >= 15 is 0 Å². The second-order valence-electron chi connectivity index (χ2n) is 10.5. The molecule has 9 heteroatoms. The highest BCUT2D eigenvalue weighted by Gasteiger charge is 2.41. The fourth-order valence-electron chi connectivity index (χ4n) is 4.67. The molecule has 0 spiro atoms. The first-order chi connectivity index (χ1) is 15.5. The van der Waals surface area contributed by atoms with Crippen molar-refractivity contribution in [3.63, 3.8) is 0 Å². The molecule has 1 aliphatic heterocycles. The van der Waals surface area contributed by atoms with Crippen molar-refractivity contribution in [1.29, 1.82) is 5.41 Å². The lowest BCUT2D eigenvalue weighted by atomic mass is 9.81. The molecule has 1 aliphatic carbocycles. The highest BCUT2D eigenvalue weighted by molar-refractivity contribution is 7.80. The Hall–Kier alpha value is -1.90. The molecule has 0 bridgehead atoms. The molecule has 188 valence electrons. The number of ether oxygens (including phenoxy) is 1. The van der Waals surface area contributed by atoms with Crippen molar-refractivity contribution in [2.24, 2.45) is 23.0 Å². The van der Waals surface area contributed by atoms with E-state index in [2.05, 4.69) is 31.4 Å². The minimum Gasteiger partial charge on any atom is -0.447 e. The van der Waals surface area contributed by atoms with Crippen molar-refractivity contribution < 1.29 is 14.3 Å². The van der Waals surface area contributed by atoms with Gasteiger partial charge in [-0.1, -0.05) is 33.0 Å². The zero-order valence-electron chi connectivity index (χ0n) is 20.9. The summed E-state index contributed by atoms with van der Waals surface area (Å²) in [5.74, 6) is 0.892. The summed E-state index contributed by atoms with van der Waals surface area (Å²) in [7, 11) is 0. The molecule has 0 unspecified atom stereocenters. The summed E-state index contributed by atoms with van der Waals surface area (Å²) in [4.78, 5) is 28.1. The van der Waals surface area contributed by atoms with Gasteiger partial charge in [-0.25, -0.2) is 4.79 Å². The van der Waals surface area contributed by atoms with Crippen LogP contribution in [-0.2, 0) is 9.53 Å². The highest BCUT2D eigenvalue weighted by Crippen LogP contribution is 2.31. The molecular weight excluding hydrogens is 438 g/mol. The Labute approximate surface area is 204 Å². The van der Waals surface area contributed by atoms with Crippen LogP contribution in [-0.4, -0.2) is 59.0 Å². The van der Waals surface area contributed by atoms with Crippen LogP contribution in [0.3, 0.4) is 0 Å². The summed E-state index contributed by atoms with van der Waals surface area (Å²) < 4.78 is 5.31. The predicted molar refractivity (Wildman–Crippen MR) is 135 cm³/mol. The van der Waals surface area contributed by atoms with Gasteiger partial charge in [-0.15, -0.1) is 0 Å². The molecule has 0 aromatic carbocycles. The molecule has 2 amide bonds. The van der Waals surface area contributed by atoms with Crippen LogP contribution < -0.4 is 16.4 Å². The van der Waals surface area contributed by atoms with Gasteiger partial charge < -0.3 is 26.0 Å². The van der Waals surface area contributed by atoms with E-state index in [-0.39, 0.29) is 35.2 Å². The zero-order chi connectivity index (χ0) is 24.8. The molecule has 1 saturated heterocycles. The predicted octanol–water partition coefficient (Wildman–Crippen LogP) is 3.58. The first-order valence-corrected chi connectivity index (χ1v) is 12.8. The Bertz CT molecular complexity index is 719. The van der Waals surface area contributed by atoms with Crippen molar-refractivity contribution in [3.05, 3.63) is 0 Å². The number of nitrogens with two attached hydrogens (primary N) is 1. The minimum absolute atomic E-state index is 0.00125. The second-order valence-corrected chi connectivity index (χ2v) is 10.9. The molecule has 33 heavy (non-hydrogen) atoms. The maximum atomic E-state index is 13.1. The zero-order valence-corrected chi connectivity index (χ0v) is 21.7. The Morgan fingerprint density at radius 3 is 2.39 bits per heavy atom. The second kappa shape index (κ2) is 12.0. The number of amidine groups is 1. The van der Waals surface area contributed by atoms with Crippen LogP contribution in [0.1, 0.15) is 79.6 Å². The van der Waals surface area contributed by atoms with Crippen LogP contribution in [0.5, 0.6) is 0 Å². The number of amides is 2. The molecule has 2 atom stereocenters. The monoisotopic (exact) mass is 481 g/mol. The average molecular weight is 482 g/mol. The van der Waals surface area contributed by atoms with E-state index in [4.69, 9.17) is 28.1 Å². The van der Waals surface area contributed by atoms with Gasteiger partial charge >= 0.3 is 6.09 Å². The normalized spacial score (nSPS) is 24.3. The third-order valence-corrected chi connectivity index (χ3v) is 7.70. The molecule has 8 nitrogen and oxygen atoms in total. The number of alkyl carbamates (subject to hydrolysis) is 1.